The van der Waals surface area contributed by atoms with E-state index in [0.29, 0.717) is 16.3 Å². The number of piperazine rings is 1. The number of fused-ring (bicyclic) bond motifs is 1. The van der Waals surface area contributed by atoms with Crippen LogP contribution in [0.2, 0.25) is 0 Å². The average molecular weight is 503 g/mol. The van der Waals surface area contributed by atoms with Crippen LogP contribution in [-0.2, 0) is 14.8 Å². The van der Waals surface area contributed by atoms with Crippen molar-refractivity contribution in [1.82, 2.24) is 19.5 Å². The second kappa shape index (κ2) is 8.39. The number of aromatic nitrogens is 3. The summed E-state index contributed by atoms with van der Waals surface area (Å²) in [6, 6.07) is 2.17. The number of rotatable bonds is 5. The van der Waals surface area contributed by atoms with Crippen molar-refractivity contribution in [2.45, 2.75) is 24.2 Å². The maximum absolute atomic E-state index is 13.1. The van der Waals surface area contributed by atoms with Crippen LogP contribution in [-0.4, -0.2) is 71.0 Å². The van der Waals surface area contributed by atoms with Gasteiger partial charge in [-0.15, -0.1) is 13.2 Å². The van der Waals surface area contributed by atoms with Crippen LogP contribution >= 0.6 is 11.3 Å². The van der Waals surface area contributed by atoms with Gasteiger partial charge in [0.1, 0.15) is 17.3 Å². The zero-order valence-electron chi connectivity index (χ0n) is 16.9. The van der Waals surface area contributed by atoms with Gasteiger partial charge in [-0.3, -0.25) is 4.79 Å². The summed E-state index contributed by atoms with van der Waals surface area (Å²) in [6.07, 6.45) is -3.37. The Balaban J connectivity index is 1.58. The highest BCUT2D eigenvalue weighted by molar-refractivity contribution is 7.89. The summed E-state index contributed by atoms with van der Waals surface area (Å²) in [7, 11) is -4.30. The van der Waals surface area contributed by atoms with Gasteiger partial charge in [-0.05, 0) is 31.2 Å². The largest absolute Gasteiger partial charge is 0.573 e. The fourth-order valence-electron chi connectivity index (χ4n) is 3.40. The zero-order valence-corrected chi connectivity index (χ0v) is 18.5. The van der Waals surface area contributed by atoms with Crippen LogP contribution in [0.15, 0.2) is 35.4 Å². The first kappa shape index (κ1) is 23.1. The normalized spacial score (nSPS) is 17.9. The number of benzene rings is 1. The molecular weight excluding hydrogens is 487 g/mol. The SMILES string of the molecule is Cc1nncc2sc(N3CCN(S(=O)(=O)c4ccc(OC(F)(F)F)cc4)[C@@H](C(=O)O)C3)nc12. The third-order valence-electron chi connectivity index (χ3n) is 4.92. The Morgan fingerprint density at radius 2 is 1.94 bits per heavy atom. The number of carboxylic acids is 1. The standard InChI is InChI=1S/C18H16F3N5O5S2/c1-10-15-14(8-22-24-10)32-17(23-15)25-6-7-26(13(9-25)16(27)28)33(29,30)12-4-2-11(3-5-12)31-18(19,20)21/h2-5,8,13H,6-7,9H2,1H3,(H,27,28)/t13-/m1/s1. The van der Waals surface area contributed by atoms with Crippen LogP contribution in [0, 0.1) is 6.92 Å². The smallest absolute Gasteiger partial charge is 0.480 e. The van der Waals surface area contributed by atoms with Crippen molar-refractivity contribution >= 4 is 42.7 Å². The molecule has 3 aromatic rings. The molecule has 1 aliphatic heterocycles. The summed E-state index contributed by atoms with van der Waals surface area (Å²) in [5, 5.41) is 18.0. The lowest BCUT2D eigenvalue weighted by molar-refractivity contribution is -0.274. The maximum atomic E-state index is 13.1. The first-order valence-corrected chi connectivity index (χ1v) is 11.7. The highest BCUT2D eigenvalue weighted by Crippen LogP contribution is 2.32. The number of ether oxygens (including phenoxy) is 1. The molecule has 0 bridgehead atoms. The topological polar surface area (TPSA) is 126 Å². The van der Waals surface area contributed by atoms with E-state index < -0.39 is 34.1 Å². The zero-order chi connectivity index (χ0) is 24.0. The molecule has 15 heteroatoms. The highest BCUT2D eigenvalue weighted by atomic mass is 32.2. The number of nitrogens with zero attached hydrogens (tertiary/aromatic N) is 5. The van der Waals surface area contributed by atoms with E-state index in [0.717, 1.165) is 33.3 Å². The van der Waals surface area contributed by atoms with E-state index in [9.17, 15) is 31.5 Å². The molecule has 1 aromatic carbocycles. The van der Waals surface area contributed by atoms with Crippen LogP contribution in [0.1, 0.15) is 5.69 Å². The maximum Gasteiger partial charge on any atom is 0.573 e. The molecule has 1 N–H and O–H groups in total. The number of thiazole rings is 1. The molecule has 0 unspecified atom stereocenters. The fraction of sp³-hybridized carbons (Fsp3) is 0.333. The van der Waals surface area contributed by atoms with E-state index in [1.807, 2.05) is 0 Å². The van der Waals surface area contributed by atoms with Gasteiger partial charge in [-0.25, -0.2) is 13.4 Å². The summed E-state index contributed by atoms with van der Waals surface area (Å²) in [4.78, 5) is 17.8. The van der Waals surface area contributed by atoms with E-state index in [2.05, 4.69) is 19.9 Å². The number of hydrogen-bond acceptors (Lipinski definition) is 9. The van der Waals surface area contributed by atoms with Crippen molar-refractivity contribution in [3.05, 3.63) is 36.2 Å². The number of carbonyl (C=O) groups is 1. The highest BCUT2D eigenvalue weighted by Gasteiger charge is 2.41. The molecule has 2 aromatic heterocycles. The van der Waals surface area contributed by atoms with Crippen LogP contribution in [0.3, 0.4) is 0 Å². The number of hydrogen-bond donors (Lipinski definition) is 1. The molecular formula is C18H16F3N5O5S2. The fourth-order valence-corrected chi connectivity index (χ4v) is 5.98. The number of sulfonamides is 1. The molecule has 1 atom stereocenters. The molecule has 0 radical (unpaired) electrons. The van der Waals surface area contributed by atoms with E-state index in [4.69, 9.17) is 0 Å². The molecule has 1 fully saturated rings. The van der Waals surface area contributed by atoms with E-state index in [-0.39, 0.29) is 24.5 Å². The third kappa shape index (κ3) is 4.69. The predicted molar refractivity (Wildman–Crippen MR) is 111 cm³/mol. The molecule has 3 heterocycles. The van der Waals surface area contributed by atoms with Gasteiger partial charge in [0.25, 0.3) is 0 Å². The molecule has 33 heavy (non-hydrogen) atoms. The minimum atomic E-state index is -4.92. The molecule has 1 aliphatic rings. The number of aliphatic carboxylic acids is 1. The lowest BCUT2D eigenvalue weighted by Gasteiger charge is -2.38. The number of aryl methyl sites for hydroxylation is 1. The van der Waals surface area contributed by atoms with Crippen molar-refractivity contribution < 1.29 is 36.2 Å². The van der Waals surface area contributed by atoms with E-state index in [1.165, 1.54) is 11.3 Å². The Labute approximate surface area is 189 Å². The molecule has 176 valence electrons. The Morgan fingerprint density at radius 3 is 2.55 bits per heavy atom. The van der Waals surface area contributed by atoms with Crippen LogP contribution < -0.4 is 9.64 Å². The lowest BCUT2D eigenvalue weighted by atomic mass is 10.2. The van der Waals surface area contributed by atoms with Gasteiger partial charge in [0, 0.05) is 19.6 Å². The molecule has 10 nitrogen and oxygen atoms in total. The van der Waals surface area contributed by atoms with Crippen molar-refractivity contribution in [1.29, 1.82) is 0 Å². The van der Waals surface area contributed by atoms with Crippen molar-refractivity contribution in [2.75, 3.05) is 24.5 Å². The molecule has 0 spiro atoms. The van der Waals surface area contributed by atoms with Crippen LogP contribution in [0.4, 0.5) is 18.3 Å². The van der Waals surface area contributed by atoms with Gasteiger partial charge in [-0.2, -0.15) is 14.5 Å². The molecule has 1 saturated heterocycles. The summed E-state index contributed by atoms with van der Waals surface area (Å²) < 4.78 is 68.5. The van der Waals surface area contributed by atoms with Gasteiger partial charge in [0.2, 0.25) is 10.0 Å². The van der Waals surface area contributed by atoms with Crippen LogP contribution in [0.25, 0.3) is 10.2 Å². The Bertz CT molecular complexity index is 1300. The number of halogens is 3. The van der Waals surface area contributed by atoms with Crippen molar-refractivity contribution in [2.24, 2.45) is 0 Å². The Morgan fingerprint density at radius 1 is 1.24 bits per heavy atom. The Kier molecular flexibility index (Phi) is 5.88. The van der Waals surface area contributed by atoms with Gasteiger partial charge in [0.05, 0.1) is 21.5 Å². The summed E-state index contributed by atoms with van der Waals surface area (Å²) in [5.74, 6) is -1.95. The second-order valence-electron chi connectivity index (χ2n) is 7.07. The summed E-state index contributed by atoms with van der Waals surface area (Å²) in [6.45, 7) is 1.58. The van der Waals surface area contributed by atoms with E-state index >= 15 is 0 Å². The van der Waals surface area contributed by atoms with E-state index in [1.54, 1.807) is 18.0 Å². The molecule has 4 rings (SSSR count). The van der Waals surface area contributed by atoms with Crippen LogP contribution in [0.5, 0.6) is 5.75 Å². The monoisotopic (exact) mass is 503 g/mol. The Hall–Kier alpha value is -3.04. The minimum Gasteiger partial charge on any atom is -0.480 e. The molecule has 0 saturated carbocycles. The quantitative estimate of drug-likeness (QED) is 0.558. The van der Waals surface area contributed by atoms with Gasteiger partial charge < -0.3 is 14.7 Å². The van der Waals surface area contributed by atoms with Gasteiger partial charge in [0.15, 0.2) is 5.13 Å². The summed E-state index contributed by atoms with van der Waals surface area (Å²) >= 11 is 1.29. The number of alkyl halides is 3. The first-order valence-electron chi connectivity index (χ1n) is 9.40. The third-order valence-corrected chi connectivity index (χ3v) is 7.89. The van der Waals surface area contributed by atoms with Crippen molar-refractivity contribution in [3.63, 3.8) is 0 Å². The average Bonchev–Trinajstić information content (AvgIpc) is 3.18. The summed E-state index contributed by atoms with van der Waals surface area (Å²) in [5.41, 5.74) is 1.25. The number of carboxylic acid groups (broad SMARTS) is 1. The first-order chi connectivity index (χ1) is 15.5. The van der Waals surface area contributed by atoms with Gasteiger partial charge >= 0.3 is 12.3 Å². The lowest BCUT2D eigenvalue weighted by Crippen LogP contribution is -2.58. The molecule has 0 aliphatic carbocycles. The predicted octanol–water partition coefficient (Wildman–Crippen LogP) is 2.26. The number of anilines is 1. The minimum absolute atomic E-state index is 0.161. The van der Waals surface area contributed by atoms with Crippen molar-refractivity contribution in [3.8, 4) is 5.75 Å². The second-order valence-corrected chi connectivity index (χ2v) is 9.97. The molecule has 0 amide bonds. The van der Waals surface area contributed by atoms with Gasteiger partial charge in [-0.1, -0.05) is 11.3 Å².